The van der Waals surface area contributed by atoms with Crippen molar-refractivity contribution in [2.24, 2.45) is 0 Å². The van der Waals surface area contributed by atoms with Gasteiger partial charge in [-0.1, -0.05) is 12.1 Å². The van der Waals surface area contributed by atoms with Gasteiger partial charge in [0, 0.05) is 50.4 Å². The van der Waals surface area contributed by atoms with Gasteiger partial charge in [-0.2, -0.15) is 4.31 Å². The quantitative estimate of drug-likeness (QED) is 0.374. The fourth-order valence-corrected chi connectivity index (χ4v) is 4.82. The molecule has 1 N–H and O–H groups in total. The highest BCUT2D eigenvalue weighted by molar-refractivity contribution is 7.89. The van der Waals surface area contributed by atoms with Crippen molar-refractivity contribution in [3.05, 3.63) is 70.0 Å². The van der Waals surface area contributed by atoms with Crippen LogP contribution in [0.15, 0.2) is 48.5 Å². The number of nitro benzene ring substituents is 1. The van der Waals surface area contributed by atoms with E-state index >= 15 is 0 Å². The Morgan fingerprint density at radius 3 is 2.32 bits per heavy atom. The summed E-state index contributed by atoms with van der Waals surface area (Å²) < 4.78 is 40.4. The van der Waals surface area contributed by atoms with Crippen LogP contribution in [0.5, 0.6) is 0 Å². The van der Waals surface area contributed by atoms with Crippen molar-refractivity contribution in [1.29, 1.82) is 0 Å². The van der Waals surface area contributed by atoms with Gasteiger partial charge in [0.1, 0.15) is 5.82 Å². The molecule has 1 saturated heterocycles. The van der Waals surface area contributed by atoms with Crippen LogP contribution in [0.1, 0.15) is 16.8 Å². The maximum atomic E-state index is 13.9. The predicted molar refractivity (Wildman–Crippen MR) is 114 cm³/mol. The number of para-hydroxylation sites is 1. The van der Waals surface area contributed by atoms with Gasteiger partial charge in [0.25, 0.3) is 11.6 Å². The Morgan fingerprint density at radius 1 is 1.06 bits per heavy atom. The lowest BCUT2D eigenvalue weighted by molar-refractivity contribution is -0.384. The number of hydrogen-bond acceptors (Lipinski definition) is 6. The SMILES string of the molecule is O=C(NCCCS(=O)(=O)N1CCN(c2ccccc2F)CC1)c1ccc([N+](=O)[O-])cc1. The van der Waals surface area contributed by atoms with Crippen LogP contribution in [0.3, 0.4) is 0 Å². The molecular formula is C20H23FN4O5S. The summed E-state index contributed by atoms with van der Waals surface area (Å²) in [5, 5.41) is 13.3. The fraction of sp³-hybridized carbons (Fsp3) is 0.350. The first-order chi connectivity index (χ1) is 14.8. The first-order valence-corrected chi connectivity index (χ1v) is 11.4. The Balaban J connectivity index is 1.43. The zero-order valence-corrected chi connectivity index (χ0v) is 17.6. The third-order valence-corrected chi connectivity index (χ3v) is 6.99. The average molecular weight is 450 g/mol. The lowest BCUT2D eigenvalue weighted by Crippen LogP contribution is -2.49. The normalized spacial score (nSPS) is 14.9. The fourth-order valence-electron chi connectivity index (χ4n) is 3.34. The molecule has 0 bridgehead atoms. The van der Waals surface area contributed by atoms with Gasteiger partial charge in [0.15, 0.2) is 0 Å². The van der Waals surface area contributed by atoms with E-state index in [1.54, 1.807) is 18.2 Å². The average Bonchev–Trinajstić information content (AvgIpc) is 2.77. The van der Waals surface area contributed by atoms with Crippen LogP contribution in [0.2, 0.25) is 0 Å². The number of anilines is 1. The first kappa shape index (κ1) is 22.6. The minimum atomic E-state index is -3.49. The van der Waals surface area contributed by atoms with Crippen molar-refractivity contribution in [2.75, 3.05) is 43.4 Å². The third-order valence-electron chi connectivity index (χ3n) is 5.03. The molecule has 2 aromatic rings. The highest BCUT2D eigenvalue weighted by Crippen LogP contribution is 2.21. The summed E-state index contributed by atoms with van der Waals surface area (Å²) in [4.78, 5) is 24.0. The van der Waals surface area contributed by atoms with Crippen molar-refractivity contribution in [3.63, 3.8) is 0 Å². The van der Waals surface area contributed by atoms with E-state index in [1.165, 1.54) is 34.6 Å². The van der Waals surface area contributed by atoms with Crippen LogP contribution in [-0.2, 0) is 10.0 Å². The number of benzene rings is 2. The van der Waals surface area contributed by atoms with Crippen LogP contribution in [0.25, 0.3) is 0 Å². The first-order valence-electron chi connectivity index (χ1n) is 9.78. The summed E-state index contributed by atoms with van der Waals surface area (Å²) in [5.41, 5.74) is 0.615. The highest BCUT2D eigenvalue weighted by atomic mass is 32.2. The Labute approximate surface area is 179 Å². The smallest absolute Gasteiger partial charge is 0.269 e. The third kappa shape index (κ3) is 5.76. The van der Waals surface area contributed by atoms with Crippen LogP contribution in [0.4, 0.5) is 15.8 Å². The molecule has 166 valence electrons. The Bertz CT molecular complexity index is 1040. The lowest BCUT2D eigenvalue weighted by Gasteiger charge is -2.35. The van der Waals surface area contributed by atoms with E-state index < -0.39 is 20.9 Å². The summed E-state index contributed by atoms with van der Waals surface area (Å²) in [6.07, 6.45) is 0.231. The van der Waals surface area contributed by atoms with E-state index in [0.717, 1.165) is 0 Å². The second-order valence-corrected chi connectivity index (χ2v) is 9.16. The maximum Gasteiger partial charge on any atom is 0.269 e. The van der Waals surface area contributed by atoms with E-state index in [0.29, 0.717) is 18.8 Å². The van der Waals surface area contributed by atoms with E-state index in [9.17, 15) is 27.7 Å². The van der Waals surface area contributed by atoms with E-state index in [-0.39, 0.29) is 48.9 Å². The summed E-state index contributed by atoms with van der Waals surface area (Å²) in [6.45, 7) is 1.50. The zero-order valence-electron chi connectivity index (χ0n) is 16.7. The minimum Gasteiger partial charge on any atom is -0.367 e. The van der Waals surface area contributed by atoms with Crippen molar-refractivity contribution in [3.8, 4) is 0 Å². The van der Waals surface area contributed by atoms with Crippen LogP contribution in [-0.4, -0.2) is 62.0 Å². The number of carbonyl (C=O) groups is 1. The molecule has 0 unspecified atom stereocenters. The number of sulfonamides is 1. The molecule has 1 aliphatic rings. The standard InChI is InChI=1S/C20H23FN4O5S/c21-18-4-1-2-5-19(18)23-11-13-24(14-12-23)31(29,30)15-3-10-22-20(26)16-6-8-17(9-7-16)25(27)28/h1-2,4-9H,3,10-15H2,(H,22,26). The number of hydrogen-bond donors (Lipinski definition) is 1. The Kier molecular flexibility index (Phi) is 7.18. The maximum absolute atomic E-state index is 13.9. The van der Waals surface area contributed by atoms with Crippen LogP contribution < -0.4 is 10.2 Å². The molecule has 1 fully saturated rings. The molecule has 0 aromatic heterocycles. The molecule has 1 aliphatic heterocycles. The van der Waals surface area contributed by atoms with Gasteiger partial charge >= 0.3 is 0 Å². The van der Waals surface area contributed by atoms with E-state index in [2.05, 4.69) is 5.32 Å². The number of amides is 1. The summed E-state index contributed by atoms with van der Waals surface area (Å²) in [7, 11) is -3.49. The lowest BCUT2D eigenvalue weighted by atomic mass is 10.2. The van der Waals surface area contributed by atoms with Crippen LogP contribution in [0, 0.1) is 15.9 Å². The minimum absolute atomic E-state index is 0.113. The Hall–Kier alpha value is -3.05. The number of nitrogens with one attached hydrogen (secondary N) is 1. The molecule has 1 heterocycles. The van der Waals surface area contributed by atoms with Gasteiger partial charge in [-0.25, -0.2) is 12.8 Å². The molecule has 3 rings (SSSR count). The highest BCUT2D eigenvalue weighted by Gasteiger charge is 2.27. The number of halogens is 1. The number of nitro groups is 1. The summed E-state index contributed by atoms with van der Waals surface area (Å²) in [6, 6.07) is 11.6. The van der Waals surface area contributed by atoms with Gasteiger partial charge in [0.2, 0.25) is 10.0 Å². The van der Waals surface area contributed by atoms with Gasteiger partial charge in [-0.15, -0.1) is 0 Å². The molecule has 31 heavy (non-hydrogen) atoms. The molecule has 2 aromatic carbocycles. The van der Waals surface area contributed by atoms with E-state index in [4.69, 9.17) is 0 Å². The molecular weight excluding hydrogens is 427 g/mol. The molecule has 11 heteroatoms. The summed E-state index contributed by atoms with van der Waals surface area (Å²) >= 11 is 0. The number of nitrogens with zero attached hydrogens (tertiary/aromatic N) is 3. The molecule has 1 amide bonds. The second-order valence-electron chi connectivity index (χ2n) is 7.07. The molecule has 0 spiro atoms. The monoisotopic (exact) mass is 450 g/mol. The molecule has 0 atom stereocenters. The van der Waals surface area contributed by atoms with Crippen molar-refractivity contribution in [1.82, 2.24) is 9.62 Å². The number of non-ortho nitro benzene ring substituents is 1. The van der Waals surface area contributed by atoms with Crippen molar-refractivity contribution in [2.45, 2.75) is 6.42 Å². The Morgan fingerprint density at radius 2 is 1.71 bits per heavy atom. The van der Waals surface area contributed by atoms with Crippen molar-refractivity contribution >= 4 is 27.3 Å². The topological polar surface area (TPSA) is 113 Å². The predicted octanol–water partition coefficient (Wildman–Crippen LogP) is 2.01. The molecule has 0 aliphatic carbocycles. The van der Waals surface area contributed by atoms with Gasteiger partial charge in [-0.3, -0.25) is 14.9 Å². The molecule has 0 saturated carbocycles. The number of carbonyl (C=O) groups excluding carboxylic acids is 1. The van der Waals surface area contributed by atoms with Gasteiger partial charge in [-0.05, 0) is 30.7 Å². The largest absolute Gasteiger partial charge is 0.367 e. The molecule has 9 nitrogen and oxygen atoms in total. The van der Waals surface area contributed by atoms with Gasteiger partial charge < -0.3 is 10.2 Å². The summed E-state index contributed by atoms with van der Waals surface area (Å²) in [5.74, 6) is -0.874. The van der Waals surface area contributed by atoms with Crippen molar-refractivity contribution < 1.29 is 22.5 Å². The van der Waals surface area contributed by atoms with E-state index in [1.807, 2.05) is 4.90 Å². The molecule has 0 radical (unpaired) electrons. The number of rotatable bonds is 8. The second kappa shape index (κ2) is 9.84. The number of piperazine rings is 1. The zero-order chi connectivity index (χ0) is 22.4. The van der Waals surface area contributed by atoms with Crippen LogP contribution >= 0.6 is 0 Å². The van der Waals surface area contributed by atoms with Gasteiger partial charge in [0.05, 0.1) is 16.4 Å².